The molecular weight excluding hydrogens is 665 g/mol. The summed E-state index contributed by atoms with van der Waals surface area (Å²) in [6.45, 7) is 6.53. The van der Waals surface area contributed by atoms with Crippen molar-refractivity contribution < 1.29 is 13.9 Å². The van der Waals surface area contributed by atoms with E-state index in [0.29, 0.717) is 6.42 Å². The molecule has 53 heavy (non-hydrogen) atoms. The summed E-state index contributed by atoms with van der Waals surface area (Å²) in [6, 6.07) is 30.6. The zero-order valence-electron chi connectivity index (χ0n) is 30.7. The molecule has 6 aromatic rings. The third kappa shape index (κ3) is 8.28. The van der Waals surface area contributed by atoms with Crippen LogP contribution in [0.15, 0.2) is 109 Å². The number of hydrogen-bond donors (Lipinski definition) is 2. The molecule has 6 nitrogen and oxygen atoms in total. The summed E-state index contributed by atoms with van der Waals surface area (Å²) in [4.78, 5) is 7.20. The number of nitrogens with one attached hydrogen (secondary N) is 1. The minimum Gasteiger partial charge on any atom is -0.388 e. The van der Waals surface area contributed by atoms with Gasteiger partial charge in [0, 0.05) is 48.0 Å². The van der Waals surface area contributed by atoms with Gasteiger partial charge in [0.05, 0.1) is 17.2 Å². The van der Waals surface area contributed by atoms with Gasteiger partial charge in [-0.2, -0.15) is 5.10 Å². The molecule has 0 aliphatic carbocycles. The average molecular weight is 714 g/mol. The standard InChI is InChI=1S/C45H49F2N5O/c1-3-5-11-31-12-10-25-51(27-23-31)37-20-18-36(19-21-37)49-42-30-34(22-24-48-42)43-40-17-6-7-26-52(40)50-45(43)35-14-8-13-33(28-35)32(4-2)29-41(53)44-38(46)15-9-16-39(44)47/h6-9,13-22,24,26,28,30-32,41,53H,3-5,10-12,23,25,27,29H2,1-2H3,(H,48,49). The lowest BCUT2D eigenvalue weighted by molar-refractivity contribution is 0.147. The van der Waals surface area contributed by atoms with Gasteiger partial charge in [-0.1, -0.05) is 63.4 Å². The smallest absolute Gasteiger partial charge is 0.131 e. The van der Waals surface area contributed by atoms with Crippen LogP contribution in [0.3, 0.4) is 0 Å². The number of unbranched alkanes of at least 4 members (excludes halogenated alkanes) is 1. The predicted molar refractivity (Wildman–Crippen MR) is 212 cm³/mol. The first kappa shape index (κ1) is 36.3. The Morgan fingerprint density at radius 2 is 1.68 bits per heavy atom. The number of aromatic nitrogens is 3. The van der Waals surface area contributed by atoms with E-state index >= 15 is 0 Å². The maximum atomic E-state index is 14.5. The molecule has 3 aromatic heterocycles. The first-order chi connectivity index (χ1) is 25.9. The topological polar surface area (TPSA) is 65.7 Å². The molecule has 2 N–H and O–H groups in total. The van der Waals surface area contributed by atoms with Crippen molar-refractivity contribution in [3.05, 3.63) is 132 Å². The Kier molecular flexibility index (Phi) is 11.4. The summed E-state index contributed by atoms with van der Waals surface area (Å²) < 4.78 is 30.9. The van der Waals surface area contributed by atoms with Gasteiger partial charge in [0.25, 0.3) is 0 Å². The Labute approximate surface area is 311 Å². The van der Waals surface area contributed by atoms with E-state index in [1.54, 1.807) is 0 Å². The van der Waals surface area contributed by atoms with Crippen molar-refractivity contribution in [1.29, 1.82) is 0 Å². The fraction of sp³-hybridized carbons (Fsp3) is 0.333. The highest BCUT2D eigenvalue weighted by Gasteiger charge is 2.24. The fourth-order valence-corrected chi connectivity index (χ4v) is 7.94. The van der Waals surface area contributed by atoms with Crippen LogP contribution >= 0.6 is 0 Å². The number of rotatable bonds is 13. The maximum absolute atomic E-state index is 14.5. The van der Waals surface area contributed by atoms with Crippen LogP contribution < -0.4 is 10.2 Å². The van der Waals surface area contributed by atoms with Gasteiger partial charge >= 0.3 is 0 Å². The number of anilines is 3. The molecule has 1 aliphatic heterocycles. The van der Waals surface area contributed by atoms with E-state index in [0.717, 1.165) is 64.0 Å². The van der Waals surface area contributed by atoms with Crippen LogP contribution in [0.25, 0.3) is 27.9 Å². The summed E-state index contributed by atoms with van der Waals surface area (Å²) in [6.07, 6.45) is 11.2. The lowest BCUT2D eigenvalue weighted by Gasteiger charge is -2.23. The molecule has 1 fully saturated rings. The van der Waals surface area contributed by atoms with Crippen LogP contribution in [-0.2, 0) is 0 Å². The lowest BCUT2D eigenvalue weighted by atomic mass is 9.87. The van der Waals surface area contributed by atoms with E-state index in [1.165, 1.54) is 62.4 Å². The Morgan fingerprint density at radius 1 is 0.868 bits per heavy atom. The van der Waals surface area contributed by atoms with Crippen LogP contribution in [0.4, 0.5) is 26.0 Å². The second kappa shape index (κ2) is 16.7. The van der Waals surface area contributed by atoms with E-state index in [9.17, 15) is 13.9 Å². The molecule has 0 amide bonds. The summed E-state index contributed by atoms with van der Waals surface area (Å²) >= 11 is 0. The summed E-state index contributed by atoms with van der Waals surface area (Å²) in [7, 11) is 0. The molecule has 0 bridgehead atoms. The Balaban J connectivity index is 1.13. The fourth-order valence-electron chi connectivity index (χ4n) is 7.94. The normalized spacial score (nSPS) is 16.0. The lowest BCUT2D eigenvalue weighted by Crippen LogP contribution is -2.24. The monoisotopic (exact) mass is 713 g/mol. The van der Waals surface area contributed by atoms with Crippen molar-refractivity contribution in [1.82, 2.24) is 14.6 Å². The van der Waals surface area contributed by atoms with Crippen LogP contribution in [0, 0.1) is 17.6 Å². The van der Waals surface area contributed by atoms with Gasteiger partial charge in [0.2, 0.25) is 0 Å². The van der Waals surface area contributed by atoms with Gasteiger partial charge in [-0.15, -0.1) is 0 Å². The molecule has 7 rings (SSSR count). The summed E-state index contributed by atoms with van der Waals surface area (Å²) in [5.74, 6) is -0.0123. The molecule has 8 heteroatoms. The molecule has 274 valence electrons. The number of benzene rings is 3. The largest absolute Gasteiger partial charge is 0.388 e. The molecule has 0 radical (unpaired) electrons. The summed E-state index contributed by atoms with van der Waals surface area (Å²) in [5.41, 5.74) is 7.57. The molecule has 3 aromatic carbocycles. The van der Waals surface area contributed by atoms with E-state index in [4.69, 9.17) is 5.10 Å². The van der Waals surface area contributed by atoms with Crippen molar-refractivity contribution in [2.24, 2.45) is 5.92 Å². The number of nitrogens with zero attached hydrogens (tertiary/aromatic N) is 4. The number of hydrogen-bond acceptors (Lipinski definition) is 5. The maximum Gasteiger partial charge on any atom is 0.131 e. The molecule has 1 aliphatic rings. The van der Waals surface area contributed by atoms with Crippen LogP contribution in [0.1, 0.15) is 88.4 Å². The number of halogens is 2. The van der Waals surface area contributed by atoms with Crippen molar-refractivity contribution in [3.8, 4) is 22.4 Å². The number of fused-ring (bicyclic) bond motifs is 1. The molecule has 0 saturated carbocycles. The highest BCUT2D eigenvalue weighted by atomic mass is 19.1. The second-order valence-corrected chi connectivity index (χ2v) is 14.4. The van der Waals surface area contributed by atoms with Crippen molar-refractivity contribution in [2.75, 3.05) is 23.3 Å². The van der Waals surface area contributed by atoms with Crippen LogP contribution in [0.2, 0.25) is 0 Å². The molecule has 3 unspecified atom stereocenters. The van der Waals surface area contributed by atoms with Crippen LogP contribution in [-0.4, -0.2) is 32.8 Å². The molecule has 1 saturated heterocycles. The van der Waals surface area contributed by atoms with Gasteiger partial charge in [0.1, 0.15) is 23.1 Å². The quantitative estimate of drug-likeness (QED) is 0.125. The second-order valence-electron chi connectivity index (χ2n) is 14.4. The molecule has 3 atom stereocenters. The van der Waals surface area contributed by atoms with Gasteiger partial charge in [0.15, 0.2) is 0 Å². The summed E-state index contributed by atoms with van der Waals surface area (Å²) in [5, 5.41) is 19.5. The Morgan fingerprint density at radius 3 is 2.47 bits per heavy atom. The van der Waals surface area contributed by atoms with Gasteiger partial charge in [-0.3, -0.25) is 0 Å². The van der Waals surface area contributed by atoms with E-state index in [2.05, 4.69) is 64.6 Å². The highest BCUT2D eigenvalue weighted by Crippen LogP contribution is 2.39. The molecule has 0 spiro atoms. The first-order valence-electron chi connectivity index (χ1n) is 19.2. The zero-order chi connectivity index (χ0) is 36.7. The average Bonchev–Trinajstić information content (AvgIpc) is 3.41. The van der Waals surface area contributed by atoms with Gasteiger partial charge < -0.3 is 15.3 Å². The van der Waals surface area contributed by atoms with Crippen LogP contribution in [0.5, 0.6) is 0 Å². The first-order valence-corrected chi connectivity index (χ1v) is 19.2. The zero-order valence-corrected chi connectivity index (χ0v) is 30.7. The van der Waals surface area contributed by atoms with Crippen molar-refractivity contribution >= 4 is 22.7 Å². The molecule has 4 heterocycles. The van der Waals surface area contributed by atoms with E-state index < -0.39 is 17.7 Å². The highest BCUT2D eigenvalue weighted by molar-refractivity contribution is 5.93. The Bertz CT molecular complexity index is 2110. The number of pyridine rings is 2. The third-order valence-corrected chi connectivity index (χ3v) is 10.9. The minimum absolute atomic E-state index is 0.130. The number of aliphatic hydroxyl groups is 1. The predicted octanol–water partition coefficient (Wildman–Crippen LogP) is 11.5. The van der Waals surface area contributed by atoms with Gasteiger partial charge in [-0.05, 0) is 122 Å². The van der Waals surface area contributed by atoms with E-state index in [1.807, 2.05) is 60.2 Å². The third-order valence-electron chi connectivity index (χ3n) is 10.9. The molecular formula is C45H49F2N5O. The number of aliphatic hydroxyl groups excluding tert-OH is 1. The Hall–Kier alpha value is -5.08. The van der Waals surface area contributed by atoms with Crippen molar-refractivity contribution in [3.63, 3.8) is 0 Å². The van der Waals surface area contributed by atoms with Gasteiger partial charge in [-0.25, -0.2) is 18.3 Å². The minimum atomic E-state index is -1.27. The SMILES string of the molecule is CCCCC1CCCN(c2ccc(Nc3cc(-c4c(-c5cccc(C(CC)CC(O)c6c(F)cccc6F)c5)nn5ccccc45)ccn3)cc2)CC1. The van der Waals surface area contributed by atoms with E-state index in [-0.39, 0.29) is 17.9 Å². The van der Waals surface area contributed by atoms with Crippen molar-refractivity contribution in [2.45, 2.75) is 77.2 Å².